The number of hydrazone groups is 1. The molecule has 2 amide bonds. The summed E-state index contributed by atoms with van der Waals surface area (Å²) in [5, 5.41) is 12.3. The highest BCUT2D eigenvalue weighted by atomic mass is 16.5. The van der Waals surface area contributed by atoms with Crippen LogP contribution in [0.4, 0.5) is 0 Å². The molecule has 1 saturated heterocycles. The minimum absolute atomic E-state index is 0.122. The predicted molar refractivity (Wildman–Crippen MR) is 68.0 cm³/mol. The molecule has 2 rings (SSSR count). The fourth-order valence-electron chi connectivity index (χ4n) is 2.23. The minimum atomic E-state index is -0.990. The Balaban J connectivity index is 1.80. The van der Waals surface area contributed by atoms with Crippen molar-refractivity contribution in [1.29, 1.82) is 0 Å². The van der Waals surface area contributed by atoms with Crippen LogP contribution in [-0.4, -0.2) is 59.3 Å². The van der Waals surface area contributed by atoms with Gasteiger partial charge in [0.05, 0.1) is 6.10 Å². The molecule has 0 atom stereocenters. The van der Waals surface area contributed by atoms with E-state index in [4.69, 9.17) is 9.84 Å². The third-order valence-corrected chi connectivity index (χ3v) is 3.32. The van der Waals surface area contributed by atoms with Crippen LogP contribution in [-0.2, 0) is 19.1 Å². The van der Waals surface area contributed by atoms with Crippen LogP contribution in [0.1, 0.15) is 25.7 Å². The number of nitrogens with zero attached hydrogens (tertiary/aromatic N) is 2. The Labute approximate surface area is 115 Å². The van der Waals surface area contributed by atoms with Crippen LogP contribution in [0.15, 0.2) is 5.10 Å². The second kappa shape index (κ2) is 6.47. The first-order valence-electron chi connectivity index (χ1n) is 6.54. The van der Waals surface area contributed by atoms with Crippen molar-refractivity contribution in [2.75, 3.05) is 19.7 Å². The first kappa shape index (κ1) is 14.4. The molecule has 0 bridgehead atoms. The second-order valence-electron chi connectivity index (χ2n) is 4.79. The molecule has 0 radical (unpaired) electrons. The third kappa shape index (κ3) is 3.77. The van der Waals surface area contributed by atoms with E-state index in [9.17, 15) is 14.4 Å². The zero-order valence-corrected chi connectivity index (χ0v) is 11.0. The zero-order valence-electron chi connectivity index (χ0n) is 11.0. The number of carbonyl (C=O) groups is 3. The predicted octanol–water partition coefficient (Wildman–Crippen LogP) is -0.655. The summed E-state index contributed by atoms with van der Waals surface area (Å²) in [4.78, 5) is 35.2. The lowest BCUT2D eigenvalue weighted by Crippen LogP contribution is -2.45. The zero-order chi connectivity index (χ0) is 14.5. The van der Waals surface area contributed by atoms with E-state index in [0.717, 1.165) is 0 Å². The van der Waals surface area contributed by atoms with Crippen molar-refractivity contribution in [3.05, 3.63) is 0 Å². The first-order valence-corrected chi connectivity index (χ1v) is 6.54. The largest absolute Gasteiger partial charge is 0.480 e. The molecule has 8 heteroatoms. The van der Waals surface area contributed by atoms with Gasteiger partial charge in [0.25, 0.3) is 5.91 Å². The molecule has 1 fully saturated rings. The second-order valence-corrected chi connectivity index (χ2v) is 4.79. The molecule has 2 aliphatic heterocycles. The Morgan fingerprint density at radius 3 is 2.60 bits per heavy atom. The van der Waals surface area contributed by atoms with Gasteiger partial charge in [0.15, 0.2) is 0 Å². The first-order chi connectivity index (χ1) is 9.56. The van der Waals surface area contributed by atoms with Crippen LogP contribution >= 0.6 is 0 Å². The van der Waals surface area contributed by atoms with E-state index in [-0.39, 0.29) is 30.9 Å². The summed E-state index contributed by atoms with van der Waals surface area (Å²) < 4.78 is 5.21. The molecule has 0 aromatic carbocycles. The van der Waals surface area contributed by atoms with Crippen LogP contribution in [0, 0.1) is 0 Å². The van der Waals surface area contributed by atoms with Gasteiger partial charge in [-0.25, -0.2) is 10.2 Å². The molecule has 0 aliphatic carbocycles. The number of piperidine rings is 1. The number of rotatable bonds is 4. The lowest BCUT2D eigenvalue weighted by Gasteiger charge is -2.32. The smallest absolute Gasteiger partial charge is 0.329 e. The molecule has 2 N–H and O–H groups in total. The van der Waals surface area contributed by atoms with Crippen molar-refractivity contribution in [2.45, 2.75) is 31.8 Å². The monoisotopic (exact) mass is 283 g/mol. The Hall–Kier alpha value is -1.96. The van der Waals surface area contributed by atoms with Gasteiger partial charge < -0.3 is 14.7 Å². The average Bonchev–Trinajstić information content (AvgIpc) is 2.46. The lowest BCUT2D eigenvalue weighted by molar-refractivity contribution is -0.146. The number of carboxylic acids is 1. The SMILES string of the molecule is O=C(O)COC1CCN(C(=O)C2=NNC(=O)CC2)CC1. The van der Waals surface area contributed by atoms with Crippen molar-refractivity contribution in [1.82, 2.24) is 10.3 Å². The molecule has 2 heterocycles. The van der Waals surface area contributed by atoms with Crippen molar-refractivity contribution in [3.8, 4) is 0 Å². The van der Waals surface area contributed by atoms with Gasteiger partial charge >= 0.3 is 5.97 Å². The Bertz CT molecular complexity index is 440. The molecule has 20 heavy (non-hydrogen) atoms. The molecular formula is C12H17N3O5. The van der Waals surface area contributed by atoms with Crippen LogP contribution in [0.5, 0.6) is 0 Å². The normalized spacial score (nSPS) is 20.3. The fraction of sp³-hybridized carbons (Fsp3) is 0.667. The summed E-state index contributed by atoms with van der Waals surface area (Å²) in [6.45, 7) is 0.712. The van der Waals surface area contributed by atoms with E-state index < -0.39 is 5.97 Å². The highest BCUT2D eigenvalue weighted by molar-refractivity contribution is 6.39. The average molecular weight is 283 g/mol. The van der Waals surface area contributed by atoms with E-state index in [2.05, 4.69) is 10.5 Å². The number of hydrogen-bond donors (Lipinski definition) is 2. The maximum atomic E-state index is 12.1. The van der Waals surface area contributed by atoms with Crippen LogP contribution in [0.2, 0.25) is 0 Å². The molecule has 0 unspecified atom stereocenters. The van der Waals surface area contributed by atoms with Gasteiger partial charge in [-0.3, -0.25) is 9.59 Å². The van der Waals surface area contributed by atoms with Crippen molar-refractivity contribution in [2.24, 2.45) is 5.10 Å². The number of carbonyl (C=O) groups excluding carboxylic acids is 2. The van der Waals surface area contributed by atoms with Gasteiger partial charge in [-0.05, 0) is 12.8 Å². The third-order valence-electron chi connectivity index (χ3n) is 3.32. The molecule has 8 nitrogen and oxygen atoms in total. The number of aliphatic carboxylic acids is 1. The molecule has 0 saturated carbocycles. The highest BCUT2D eigenvalue weighted by Crippen LogP contribution is 2.15. The topological polar surface area (TPSA) is 108 Å². The molecule has 0 spiro atoms. The summed E-state index contributed by atoms with van der Waals surface area (Å²) in [6, 6.07) is 0. The molecule has 0 aromatic heterocycles. The summed E-state index contributed by atoms with van der Waals surface area (Å²) in [6.07, 6.45) is 1.74. The lowest BCUT2D eigenvalue weighted by atomic mass is 10.1. The number of nitrogens with one attached hydrogen (secondary N) is 1. The van der Waals surface area contributed by atoms with E-state index in [1.807, 2.05) is 0 Å². The molecule has 0 aromatic rings. The number of hydrogen-bond acceptors (Lipinski definition) is 5. The molecule has 2 aliphatic rings. The number of amides is 2. The van der Waals surface area contributed by atoms with Gasteiger partial charge in [-0.1, -0.05) is 0 Å². The van der Waals surface area contributed by atoms with Crippen molar-refractivity contribution >= 4 is 23.5 Å². The van der Waals surface area contributed by atoms with Gasteiger partial charge in [-0.15, -0.1) is 0 Å². The van der Waals surface area contributed by atoms with Gasteiger partial charge in [-0.2, -0.15) is 5.10 Å². The summed E-state index contributed by atoms with van der Waals surface area (Å²) in [7, 11) is 0. The molecule has 110 valence electrons. The number of carboxylic acid groups (broad SMARTS) is 1. The Kier molecular flexibility index (Phi) is 4.67. The van der Waals surface area contributed by atoms with E-state index in [0.29, 0.717) is 38.1 Å². The van der Waals surface area contributed by atoms with Gasteiger partial charge in [0.1, 0.15) is 12.3 Å². The number of likely N-dealkylation sites (tertiary alicyclic amines) is 1. The minimum Gasteiger partial charge on any atom is -0.480 e. The van der Waals surface area contributed by atoms with E-state index >= 15 is 0 Å². The summed E-state index contributed by atoms with van der Waals surface area (Å²) in [5.41, 5.74) is 2.68. The van der Waals surface area contributed by atoms with E-state index in [1.54, 1.807) is 4.90 Å². The summed E-state index contributed by atoms with van der Waals surface area (Å²) in [5.74, 6) is -1.33. The van der Waals surface area contributed by atoms with Crippen molar-refractivity contribution < 1.29 is 24.2 Å². The summed E-state index contributed by atoms with van der Waals surface area (Å²) >= 11 is 0. The maximum absolute atomic E-state index is 12.1. The van der Waals surface area contributed by atoms with Gasteiger partial charge in [0, 0.05) is 25.9 Å². The van der Waals surface area contributed by atoms with Crippen molar-refractivity contribution in [3.63, 3.8) is 0 Å². The Morgan fingerprint density at radius 2 is 2.05 bits per heavy atom. The fourth-order valence-corrected chi connectivity index (χ4v) is 2.23. The maximum Gasteiger partial charge on any atom is 0.329 e. The van der Waals surface area contributed by atoms with Crippen LogP contribution in [0.25, 0.3) is 0 Å². The van der Waals surface area contributed by atoms with E-state index in [1.165, 1.54) is 0 Å². The van der Waals surface area contributed by atoms with Gasteiger partial charge in [0.2, 0.25) is 5.91 Å². The number of ether oxygens (including phenoxy) is 1. The van der Waals surface area contributed by atoms with Crippen LogP contribution < -0.4 is 5.43 Å². The highest BCUT2D eigenvalue weighted by Gasteiger charge is 2.28. The Morgan fingerprint density at radius 1 is 1.35 bits per heavy atom. The van der Waals surface area contributed by atoms with Crippen LogP contribution in [0.3, 0.4) is 0 Å². The standard InChI is InChI=1S/C12H17N3O5/c16-10-2-1-9(13-14-10)12(19)15-5-3-8(4-6-15)20-7-11(17)18/h8H,1-7H2,(H,14,16)(H,17,18). The molecular weight excluding hydrogens is 266 g/mol. The quantitative estimate of drug-likeness (QED) is 0.712.